The quantitative estimate of drug-likeness (QED) is 0.466. The van der Waals surface area contributed by atoms with Crippen LogP contribution in [-0.2, 0) is 10.0 Å². The second kappa shape index (κ2) is 7.77. The van der Waals surface area contributed by atoms with Crippen LogP contribution in [0.15, 0.2) is 86.9 Å². The molecule has 0 saturated heterocycles. The van der Waals surface area contributed by atoms with E-state index < -0.39 is 20.9 Å². The summed E-state index contributed by atoms with van der Waals surface area (Å²) in [6.07, 6.45) is 0. The molecule has 3 aromatic carbocycles. The summed E-state index contributed by atoms with van der Waals surface area (Å²) in [7, 11) is -2.79. The topological polar surface area (TPSA) is 93.9 Å². The van der Waals surface area contributed by atoms with Gasteiger partial charge in [-0.1, -0.05) is 29.5 Å². The zero-order valence-corrected chi connectivity index (χ0v) is 17.3. The first-order chi connectivity index (χ1) is 14.4. The van der Waals surface area contributed by atoms with E-state index in [9.17, 15) is 18.0 Å². The van der Waals surface area contributed by atoms with Crippen LogP contribution in [0.1, 0.15) is 10.4 Å². The van der Waals surface area contributed by atoms with E-state index in [2.05, 4.69) is 0 Å². The van der Waals surface area contributed by atoms with Gasteiger partial charge in [-0.15, -0.1) is 0 Å². The first-order valence-electron chi connectivity index (χ1n) is 8.72. The Balaban J connectivity index is 1.89. The number of fused-ring (bicyclic) bond motifs is 1. The second-order valence-electron chi connectivity index (χ2n) is 6.20. The van der Waals surface area contributed by atoms with E-state index in [0.717, 1.165) is 15.6 Å². The highest BCUT2D eigenvalue weighted by atomic mass is 32.2. The number of hydrogen-bond donors (Lipinski definition) is 0. The van der Waals surface area contributed by atoms with Gasteiger partial charge in [0.1, 0.15) is 11.3 Å². The Labute approximate surface area is 175 Å². The van der Waals surface area contributed by atoms with Crippen LogP contribution < -0.4 is 14.0 Å². The molecule has 0 spiro atoms. The maximum absolute atomic E-state index is 13.5. The highest BCUT2D eigenvalue weighted by Crippen LogP contribution is 2.30. The fourth-order valence-corrected chi connectivity index (χ4v) is 5.01. The fourth-order valence-electron chi connectivity index (χ4n) is 2.90. The van der Waals surface area contributed by atoms with Gasteiger partial charge in [-0.25, -0.2) is 13.2 Å². The minimum Gasteiger partial charge on any atom is -0.497 e. The predicted molar refractivity (Wildman–Crippen MR) is 114 cm³/mol. The van der Waals surface area contributed by atoms with Gasteiger partial charge in [0.2, 0.25) is 0 Å². The van der Waals surface area contributed by atoms with Crippen LogP contribution in [0.2, 0.25) is 0 Å². The minimum absolute atomic E-state index is 0.0759. The number of carbonyl (C=O) groups is 1. The molecule has 9 heteroatoms. The van der Waals surface area contributed by atoms with E-state index in [0.29, 0.717) is 16.0 Å². The summed E-state index contributed by atoms with van der Waals surface area (Å²) < 4.78 is 38.2. The Kier molecular flexibility index (Phi) is 5.15. The van der Waals surface area contributed by atoms with Crippen LogP contribution in [-0.4, -0.2) is 21.4 Å². The molecule has 0 fully saturated rings. The maximum Gasteiger partial charge on any atom is 0.396 e. The van der Waals surface area contributed by atoms with Gasteiger partial charge in [0.15, 0.2) is 0 Å². The zero-order chi connectivity index (χ0) is 21.3. The summed E-state index contributed by atoms with van der Waals surface area (Å²) in [4.78, 5) is 24.2. The van der Waals surface area contributed by atoms with Crippen molar-refractivity contribution in [1.82, 2.24) is 0 Å². The molecular weight excluding hydrogens is 426 g/mol. The number of nitrogens with zero attached hydrogens (tertiary/aromatic N) is 1. The highest BCUT2D eigenvalue weighted by molar-refractivity contribution is 7.93. The van der Waals surface area contributed by atoms with Crippen molar-refractivity contribution < 1.29 is 22.4 Å². The highest BCUT2D eigenvalue weighted by Gasteiger charge is 2.32. The molecule has 0 radical (unpaired) electrons. The predicted octanol–water partition coefficient (Wildman–Crippen LogP) is 3.90. The summed E-state index contributed by atoms with van der Waals surface area (Å²) in [6, 6.07) is 18.2. The molecule has 0 aliphatic rings. The third kappa shape index (κ3) is 3.60. The third-order valence-electron chi connectivity index (χ3n) is 4.35. The SMILES string of the molecule is COc1ccc(S(=O)(=O)N(C(=O)c2ccccc2)c2ccc3oc(=O)sc3c2)cc1. The Hall–Kier alpha value is -3.43. The Bertz CT molecular complexity index is 1370. The van der Waals surface area contributed by atoms with Crippen molar-refractivity contribution in [3.63, 3.8) is 0 Å². The molecule has 0 aliphatic heterocycles. The van der Waals surface area contributed by atoms with E-state index in [1.807, 2.05) is 0 Å². The lowest BCUT2D eigenvalue weighted by Crippen LogP contribution is -2.37. The standard InChI is InChI=1S/C21H15NO6S2/c1-27-16-8-10-17(11-9-16)30(25,26)22(20(23)14-5-3-2-4-6-14)15-7-12-18-19(13-15)29-21(24)28-18/h2-13H,1H3. The van der Waals surface area contributed by atoms with Crippen LogP contribution in [0.5, 0.6) is 5.75 Å². The zero-order valence-electron chi connectivity index (χ0n) is 15.6. The summed E-state index contributed by atoms with van der Waals surface area (Å²) in [6.45, 7) is 0. The molecule has 0 N–H and O–H groups in total. The first-order valence-corrected chi connectivity index (χ1v) is 11.0. The molecule has 0 unspecified atom stereocenters. The largest absolute Gasteiger partial charge is 0.497 e. The van der Waals surface area contributed by atoms with Gasteiger partial charge in [-0.3, -0.25) is 4.79 Å². The average molecular weight is 441 g/mol. The van der Waals surface area contributed by atoms with Crippen molar-refractivity contribution >= 4 is 43.2 Å². The van der Waals surface area contributed by atoms with E-state index >= 15 is 0 Å². The van der Waals surface area contributed by atoms with Crippen molar-refractivity contribution in [1.29, 1.82) is 0 Å². The second-order valence-corrected chi connectivity index (χ2v) is 8.97. The van der Waals surface area contributed by atoms with E-state index in [-0.39, 0.29) is 16.1 Å². The van der Waals surface area contributed by atoms with Gasteiger partial charge in [-0.2, -0.15) is 4.31 Å². The van der Waals surface area contributed by atoms with Crippen molar-refractivity contribution in [2.45, 2.75) is 4.90 Å². The molecular formula is C21H15NO6S2. The number of ether oxygens (including phenoxy) is 1. The fraction of sp³-hybridized carbons (Fsp3) is 0.0476. The Morgan fingerprint density at radius 1 is 1.00 bits per heavy atom. The van der Waals surface area contributed by atoms with E-state index in [1.54, 1.807) is 18.2 Å². The van der Waals surface area contributed by atoms with Crippen molar-refractivity contribution in [2.24, 2.45) is 0 Å². The van der Waals surface area contributed by atoms with Gasteiger partial charge in [0.25, 0.3) is 15.9 Å². The van der Waals surface area contributed by atoms with E-state index in [1.165, 1.54) is 61.7 Å². The lowest BCUT2D eigenvalue weighted by molar-refractivity contribution is 0.101. The summed E-state index contributed by atoms with van der Waals surface area (Å²) in [5.74, 6) is -0.235. The molecule has 0 bridgehead atoms. The number of benzene rings is 3. The molecule has 4 aromatic rings. The van der Waals surface area contributed by atoms with Gasteiger partial charge < -0.3 is 9.15 Å². The monoisotopic (exact) mass is 441 g/mol. The molecule has 4 rings (SSSR count). The Morgan fingerprint density at radius 2 is 1.70 bits per heavy atom. The van der Waals surface area contributed by atoms with Gasteiger partial charge in [-0.05, 0) is 54.6 Å². The molecule has 0 saturated carbocycles. The van der Waals surface area contributed by atoms with Gasteiger partial charge >= 0.3 is 4.94 Å². The molecule has 30 heavy (non-hydrogen) atoms. The van der Waals surface area contributed by atoms with Crippen LogP contribution in [0.4, 0.5) is 5.69 Å². The lowest BCUT2D eigenvalue weighted by atomic mass is 10.2. The van der Waals surface area contributed by atoms with Crippen LogP contribution in [0, 0.1) is 0 Å². The molecule has 1 aromatic heterocycles. The number of methoxy groups -OCH3 is 1. The van der Waals surface area contributed by atoms with Crippen LogP contribution in [0.25, 0.3) is 10.3 Å². The molecule has 7 nitrogen and oxygen atoms in total. The number of rotatable bonds is 5. The summed E-state index contributed by atoms with van der Waals surface area (Å²) >= 11 is 0.831. The summed E-state index contributed by atoms with van der Waals surface area (Å²) in [5.41, 5.74) is 0.627. The minimum atomic E-state index is -4.26. The van der Waals surface area contributed by atoms with Crippen molar-refractivity contribution in [2.75, 3.05) is 11.4 Å². The van der Waals surface area contributed by atoms with Crippen LogP contribution >= 0.6 is 11.3 Å². The maximum atomic E-state index is 13.5. The molecule has 1 heterocycles. The number of anilines is 1. The van der Waals surface area contributed by atoms with Crippen molar-refractivity contribution in [3.8, 4) is 5.75 Å². The lowest BCUT2D eigenvalue weighted by Gasteiger charge is -2.23. The molecule has 0 aliphatic carbocycles. The summed E-state index contributed by atoms with van der Waals surface area (Å²) in [5, 5.41) is 0. The Morgan fingerprint density at radius 3 is 2.37 bits per heavy atom. The number of sulfonamides is 1. The molecule has 1 amide bonds. The average Bonchev–Trinajstić information content (AvgIpc) is 3.13. The number of amides is 1. The first kappa shape index (κ1) is 19.9. The normalized spacial score (nSPS) is 11.4. The number of hydrogen-bond acceptors (Lipinski definition) is 7. The molecule has 0 atom stereocenters. The number of carbonyl (C=O) groups excluding carboxylic acids is 1. The third-order valence-corrected chi connectivity index (χ3v) is 6.87. The smallest absolute Gasteiger partial charge is 0.396 e. The van der Waals surface area contributed by atoms with Crippen LogP contribution in [0.3, 0.4) is 0 Å². The molecule has 152 valence electrons. The van der Waals surface area contributed by atoms with Gasteiger partial charge in [0.05, 0.1) is 22.4 Å². The van der Waals surface area contributed by atoms with Gasteiger partial charge in [0, 0.05) is 5.56 Å². The van der Waals surface area contributed by atoms with Crippen molar-refractivity contribution in [3.05, 3.63) is 88.1 Å². The van der Waals surface area contributed by atoms with E-state index in [4.69, 9.17) is 9.15 Å².